The minimum absolute atomic E-state index is 0.243. The van der Waals surface area contributed by atoms with Crippen molar-refractivity contribution in [2.24, 2.45) is 0 Å². The molecule has 0 rings (SSSR count). The molecule has 0 atom stereocenters. The normalized spacial score (nSPS) is 12.9. The van der Waals surface area contributed by atoms with E-state index in [-0.39, 0.29) is 5.76 Å². The van der Waals surface area contributed by atoms with Crippen LogP contribution in [0.15, 0.2) is 46.5 Å². The van der Waals surface area contributed by atoms with Gasteiger partial charge in [-0.3, -0.25) is 0 Å². The second-order valence-corrected chi connectivity index (χ2v) is 6.46. The summed E-state index contributed by atoms with van der Waals surface area (Å²) in [5.41, 5.74) is 3.22. The lowest BCUT2D eigenvalue weighted by Crippen LogP contribution is -1.95. The van der Waals surface area contributed by atoms with Crippen LogP contribution in [-0.2, 0) is 0 Å². The second kappa shape index (κ2) is 17.4. The van der Waals surface area contributed by atoms with Gasteiger partial charge in [0.1, 0.15) is 5.76 Å². The number of hydrogen-bond donors (Lipinski definition) is 2. The van der Waals surface area contributed by atoms with E-state index < -0.39 is 0 Å². The third-order valence-corrected chi connectivity index (χ3v) is 3.87. The molecule has 0 aliphatic rings. The van der Waals surface area contributed by atoms with E-state index in [2.05, 4.69) is 39.8 Å². The van der Waals surface area contributed by atoms with Crippen LogP contribution in [0.3, 0.4) is 0 Å². The number of unbranched alkanes of at least 4 members (excludes halogenated alkanes) is 4. The average Bonchev–Trinajstić information content (AvgIpc) is 2.61. The molecular weight excluding hydrogens is 308 g/mol. The Labute approximate surface area is 157 Å². The Hall–Kier alpha value is -1.44. The molecule has 0 unspecified atom stereocenters. The molecule has 0 aliphatic carbocycles. The molecule has 0 saturated heterocycles. The highest BCUT2D eigenvalue weighted by Gasteiger charge is 2.08. The van der Waals surface area contributed by atoms with Crippen molar-refractivity contribution in [3.8, 4) is 0 Å². The van der Waals surface area contributed by atoms with Crippen LogP contribution >= 0.6 is 0 Å². The minimum atomic E-state index is 0.243. The quantitative estimate of drug-likeness (QED) is 0.170. The zero-order chi connectivity index (χ0) is 19.7. The molecule has 2 N–H and O–H groups in total. The summed E-state index contributed by atoms with van der Waals surface area (Å²) >= 11 is 0. The van der Waals surface area contributed by atoms with E-state index in [4.69, 9.17) is 0 Å². The second-order valence-electron chi connectivity index (χ2n) is 6.46. The van der Waals surface area contributed by atoms with Gasteiger partial charge in [0.25, 0.3) is 0 Å². The maximum atomic E-state index is 10.3. The van der Waals surface area contributed by atoms with Crippen LogP contribution in [0.4, 0.5) is 0 Å². The van der Waals surface area contributed by atoms with Crippen LogP contribution in [0.2, 0.25) is 0 Å². The van der Waals surface area contributed by atoms with Crippen molar-refractivity contribution < 1.29 is 10.2 Å². The van der Waals surface area contributed by atoms with Gasteiger partial charge in [0.2, 0.25) is 0 Å². The van der Waals surface area contributed by atoms with Crippen molar-refractivity contribution in [1.82, 2.24) is 0 Å². The molecule has 0 aliphatic heterocycles. The van der Waals surface area contributed by atoms with Gasteiger partial charge in [-0.1, -0.05) is 70.3 Å². The van der Waals surface area contributed by atoms with Crippen LogP contribution in [0, 0.1) is 0 Å². The summed E-state index contributed by atoms with van der Waals surface area (Å²) in [6.45, 7) is 14.4. The average molecular weight is 351 g/mol. The smallest absolute Gasteiger partial charge is 0.118 e. The SMILES string of the molecule is CC.CCCCCC/C=C(O)\C(C/C=C(/C)CC=C(C)C)=C(\O)CC. The van der Waals surface area contributed by atoms with Gasteiger partial charge < -0.3 is 10.2 Å². The summed E-state index contributed by atoms with van der Waals surface area (Å²) in [5.74, 6) is 0.533. The summed E-state index contributed by atoms with van der Waals surface area (Å²) in [6, 6.07) is 0. The van der Waals surface area contributed by atoms with Crippen LogP contribution in [0.25, 0.3) is 0 Å². The Kier molecular flexibility index (Phi) is 17.9. The molecule has 0 heterocycles. The maximum absolute atomic E-state index is 10.3. The molecule has 0 saturated carbocycles. The van der Waals surface area contributed by atoms with Gasteiger partial charge in [-0.25, -0.2) is 0 Å². The molecular formula is C23H42O2. The fourth-order valence-corrected chi connectivity index (χ4v) is 2.24. The van der Waals surface area contributed by atoms with Crippen molar-refractivity contribution >= 4 is 0 Å². The van der Waals surface area contributed by atoms with Crippen molar-refractivity contribution in [3.63, 3.8) is 0 Å². The molecule has 2 nitrogen and oxygen atoms in total. The van der Waals surface area contributed by atoms with Gasteiger partial charge in [0.05, 0.1) is 5.76 Å². The van der Waals surface area contributed by atoms with Crippen LogP contribution in [0.1, 0.15) is 99.8 Å². The molecule has 0 aromatic heterocycles. The highest BCUT2D eigenvalue weighted by atomic mass is 16.3. The van der Waals surface area contributed by atoms with Gasteiger partial charge in [-0.05, 0) is 52.5 Å². The molecule has 0 aromatic carbocycles. The molecule has 0 fully saturated rings. The van der Waals surface area contributed by atoms with Gasteiger partial charge in [-0.15, -0.1) is 0 Å². The standard InChI is InChI=1S/C21H36O2.C2H6/c1-6-8-9-10-11-12-21(23)19(20(22)7-2)16-15-18(5)14-13-17(3)4;1-2/h12-13,15,22-23H,6-11,14,16H2,1-5H3;1-2H3/b18-15-,20-19+,21-12+;. The van der Waals surface area contributed by atoms with Crippen molar-refractivity contribution in [1.29, 1.82) is 0 Å². The number of rotatable bonds is 11. The Morgan fingerprint density at radius 1 is 0.800 bits per heavy atom. The summed E-state index contributed by atoms with van der Waals surface area (Å²) in [6.07, 6.45) is 13.8. The molecule has 0 radical (unpaired) electrons. The first-order valence-corrected chi connectivity index (χ1v) is 10.0. The summed E-state index contributed by atoms with van der Waals surface area (Å²) in [7, 11) is 0. The topological polar surface area (TPSA) is 40.5 Å². The summed E-state index contributed by atoms with van der Waals surface area (Å²) in [4.78, 5) is 0. The third kappa shape index (κ3) is 14.6. The molecule has 0 bridgehead atoms. The van der Waals surface area contributed by atoms with E-state index in [1.165, 1.54) is 30.4 Å². The van der Waals surface area contributed by atoms with Gasteiger partial charge in [0.15, 0.2) is 0 Å². The van der Waals surface area contributed by atoms with Gasteiger partial charge >= 0.3 is 0 Å². The third-order valence-electron chi connectivity index (χ3n) is 3.87. The summed E-state index contributed by atoms with van der Waals surface area (Å²) in [5, 5.41) is 20.4. The van der Waals surface area contributed by atoms with Crippen LogP contribution in [-0.4, -0.2) is 10.2 Å². The lowest BCUT2D eigenvalue weighted by atomic mass is 10.0. The Bertz CT molecular complexity index is 447. The summed E-state index contributed by atoms with van der Waals surface area (Å²) < 4.78 is 0. The van der Waals surface area contributed by atoms with E-state index in [0.29, 0.717) is 24.2 Å². The first-order valence-electron chi connectivity index (χ1n) is 10.0. The van der Waals surface area contributed by atoms with Crippen molar-refractivity contribution in [2.75, 3.05) is 0 Å². The highest BCUT2D eigenvalue weighted by molar-refractivity contribution is 5.30. The maximum Gasteiger partial charge on any atom is 0.118 e. The fourth-order valence-electron chi connectivity index (χ4n) is 2.24. The first kappa shape index (κ1) is 25.8. The van der Waals surface area contributed by atoms with E-state index in [9.17, 15) is 10.2 Å². The molecule has 25 heavy (non-hydrogen) atoms. The van der Waals surface area contributed by atoms with Crippen molar-refractivity contribution in [3.05, 3.63) is 46.5 Å². The predicted octanol–water partition coefficient (Wildman–Crippen LogP) is 8.34. The zero-order valence-electron chi connectivity index (χ0n) is 17.8. The largest absolute Gasteiger partial charge is 0.512 e. The van der Waals surface area contributed by atoms with Crippen LogP contribution < -0.4 is 0 Å². The van der Waals surface area contributed by atoms with E-state index in [0.717, 1.165) is 19.3 Å². The Balaban J connectivity index is 0. The number of allylic oxidation sites excluding steroid dienone is 7. The van der Waals surface area contributed by atoms with Crippen LogP contribution in [0.5, 0.6) is 0 Å². The van der Waals surface area contributed by atoms with E-state index >= 15 is 0 Å². The molecule has 2 heteroatoms. The molecule has 0 amide bonds. The van der Waals surface area contributed by atoms with E-state index in [1.54, 1.807) is 0 Å². The highest BCUT2D eigenvalue weighted by Crippen LogP contribution is 2.21. The monoisotopic (exact) mass is 350 g/mol. The molecule has 146 valence electrons. The van der Waals surface area contributed by atoms with Crippen molar-refractivity contribution in [2.45, 2.75) is 99.8 Å². The van der Waals surface area contributed by atoms with Gasteiger partial charge in [-0.2, -0.15) is 0 Å². The zero-order valence-corrected chi connectivity index (χ0v) is 17.8. The van der Waals surface area contributed by atoms with Gasteiger partial charge in [0, 0.05) is 12.0 Å². The van der Waals surface area contributed by atoms with E-state index in [1.807, 2.05) is 26.8 Å². The Morgan fingerprint density at radius 3 is 1.96 bits per heavy atom. The lowest BCUT2D eigenvalue weighted by molar-refractivity contribution is 0.364. The molecule has 0 spiro atoms. The molecule has 0 aromatic rings. The number of aliphatic hydroxyl groups excluding tert-OH is 2. The fraction of sp³-hybridized carbons (Fsp3) is 0.652. The number of aliphatic hydroxyl groups is 2. The first-order chi connectivity index (χ1) is 11.9. The lowest BCUT2D eigenvalue weighted by Gasteiger charge is -2.09. The predicted molar refractivity (Wildman–Crippen MR) is 113 cm³/mol. The number of hydrogen-bond acceptors (Lipinski definition) is 2. The minimum Gasteiger partial charge on any atom is -0.512 e. The Morgan fingerprint density at radius 2 is 1.44 bits per heavy atom.